The van der Waals surface area contributed by atoms with Crippen LogP contribution in [0, 0.1) is 6.92 Å². The molecule has 1 aromatic heterocycles. The molecule has 0 saturated carbocycles. The number of nitrogens with one attached hydrogen (secondary N) is 1. The number of rotatable bonds is 2. The standard InChI is InChI=1S/C12H13N3S/c1-9-4-5-11(15-6-2-3-7-15)10(8-9)14-12(13)16/h2-8H,1H3,(H3,13,14,16). The summed E-state index contributed by atoms with van der Waals surface area (Å²) >= 11 is 4.87. The second-order valence-electron chi connectivity index (χ2n) is 3.60. The number of anilines is 1. The lowest BCUT2D eigenvalue weighted by atomic mass is 10.2. The number of nitrogens with two attached hydrogens (primary N) is 1. The highest BCUT2D eigenvalue weighted by Gasteiger charge is 2.04. The molecule has 0 atom stereocenters. The van der Waals surface area contributed by atoms with Gasteiger partial charge in [0.1, 0.15) is 0 Å². The van der Waals surface area contributed by atoms with Crippen LogP contribution in [0.15, 0.2) is 42.7 Å². The third-order valence-electron chi connectivity index (χ3n) is 2.29. The van der Waals surface area contributed by atoms with E-state index in [1.807, 2.05) is 48.1 Å². The second-order valence-corrected chi connectivity index (χ2v) is 4.04. The quantitative estimate of drug-likeness (QED) is 0.780. The topological polar surface area (TPSA) is 43.0 Å². The Morgan fingerprint density at radius 1 is 1.31 bits per heavy atom. The second kappa shape index (κ2) is 4.37. The van der Waals surface area contributed by atoms with Crippen molar-refractivity contribution in [3.63, 3.8) is 0 Å². The number of thiocarbonyl (C=S) groups is 1. The van der Waals surface area contributed by atoms with Crippen LogP contribution in [0.4, 0.5) is 5.69 Å². The zero-order valence-corrected chi connectivity index (χ0v) is 9.79. The van der Waals surface area contributed by atoms with E-state index in [-0.39, 0.29) is 5.11 Å². The fraction of sp³-hybridized carbons (Fsp3) is 0.0833. The summed E-state index contributed by atoms with van der Waals surface area (Å²) in [6, 6.07) is 10.1. The summed E-state index contributed by atoms with van der Waals surface area (Å²) in [6.07, 6.45) is 3.96. The monoisotopic (exact) mass is 231 g/mol. The van der Waals surface area contributed by atoms with E-state index in [1.54, 1.807) is 0 Å². The first kappa shape index (κ1) is 10.7. The molecular formula is C12H13N3S. The fourth-order valence-corrected chi connectivity index (χ4v) is 1.71. The minimum Gasteiger partial charge on any atom is -0.376 e. The third kappa shape index (κ3) is 2.23. The highest BCUT2D eigenvalue weighted by molar-refractivity contribution is 7.80. The van der Waals surface area contributed by atoms with Gasteiger partial charge in [0.2, 0.25) is 0 Å². The number of hydrogen-bond donors (Lipinski definition) is 2. The first-order valence-electron chi connectivity index (χ1n) is 4.97. The summed E-state index contributed by atoms with van der Waals surface area (Å²) in [5.41, 5.74) is 8.62. The van der Waals surface area contributed by atoms with E-state index >= 15 is 0 Å². The number of aromatic nitrogens is 1. The zero-order valence-electron chi connectivity index (χ0n) is 8.97. The molecule has 2 rings (SSSR count). The van der Waals surface area contributed by atoms with Crippen molar-refractivity contribution in [2.75, 3.05) is 5.32 Å². The van der Waals surface area contributed by atoms with Crippen molar-refractivity contribution in [3.8, 4) is 5.69 Å². The molecule has 3 N–H and O–H groups in total. The van der Waals surface area contributed by atoms with Gasteiger partial charge in [-0.1, -0.05) is 6.07 Å². The molecule has 0 bridgehead atoms. The van der Waals surface area contributed by atoms with Gasteiger partial charge in [-0.2, -0.15) is 0 Å². The summed E-state index contributed by atoms with van der Waals surface area (Å²) in [5, 5.41) is 3.27. The smallest absolute Gasteiger partial charge is 0.168 e. The molecule has 1 aromatic carbocycles. The normalized spacial score (nSPS) is 10.1. The first-order valence-corrected chi connectivity index (χ1v) is 5.38. The molecule has 1 heterocycles. The predicted octanol–water partition coefficient (Wildman–Crippen LogP) is 2.44. The average molecular weight is 231 g/mol. The molecule has 0 fully saturated rings. The molecule has 0 aliphatic carbocycles. The maximum absolute atomic E-state index is 5.51. The van der Waals surface area contributed by atoms with Crippen LogP contribution in [0.3, 0.4) is 0 Å². The maximum Gasteiger partial charge on any atom is 0.168 e. The van der Waals surface area contributed by atoms with Crippen molar-refractivity contribution >= 4 is 23.0 Å². The van der Waals surface area contributed by atoms with Gasteiger partial charge in [-0.25, -0.2) is 0 Å². The van der Waals surface area contributed by atoms with Crippen molar-refractivity contribution in [1.29, 1.82) is 0 Å². The van der Waals surface area contributed by atoms with Gasteiger partial charge < -0.3 is 15.6 Å². The first-order chi connectivity index (χ1) is 7.66. The molecule has 4 heteroatoms. The van der Waals surface area contributed by atoms with Gasteiger partial charge in [-0.3, -0.25) is 0 Å². The third-order valence-corrected chi connectivity index (χ3v) is 2.39. The van der Waals surface area contributed by atoms with Crippen LogP contribution in [-0.4, -0.2) is 9.68 Å². The van der Waals surface area contributed by atoms with Gasteiger partial charge >= 0.3 is 0 Å². The van der Waals surface area contributed by atoms with Gasteiger partial charge in [0.25, 0.3) is 0 Å². The van der Waals surface area contributed by atoms with Gasteiger partial charge in [-0.15, -0.1) is 0 Å². The van der Waals surface area contributed by atoms with Crippen LogP contribution in [0.2, 0.25) is 0 Å². The van der Waals surface area contributed by atoms with Crippen molar-refractivity contribution in [3.05, 3.63) is 48.3 Å². The Labute approximate surface area is 99.9 Å². The summed E-state index contributed by atoms with van der Waals surface area (Å²) in [6.45, 7) is 2.03. The molecular weight excluding hydrogens is 218 g/mol. The predicted molar refractivity (Wildman–Crippen MR) is 70.9 cm³/mol. The Balaban J connectivity index is 2.48. The van der Waals surface area contributed by atoms with E-state index in [1.165, 1.54) is 0 Å². The summed E-state index contributed by atoms with van der Waals surface area (Å²) in [4.78, 5) is 0. The lowest BCUT2D eigenvalue weighted by Crippen LogP contribution is -2.20. The van der Waals surface area contributed by atoms with Gasteiger partial charge in [0.05, 0.1) is 11.4 Å². The van der Waals surface area contributed by atoms with Crippen LogP contribution in [0.5, 0.6) is 0 Å². The Bertz CT molecular complexity index is 503. The van der Waals surface area contributed by atoms with Crippen LogP contribution in [0.1, 0.15) is 5.56 Å². The van der Waals surface area contributed by atoms with E-state index in [0.717, 1.165) is 16.9 Å². The van der Waals surface area contributed by atoms with Gasteiger partial charge in [-0.05, 0) is 49.0 Å². The summed E-state index contributed by atoms with van der Waals surface area (Å²) in [5.74, 6) is 0. The average Bonchev–Trinajstić information content (AvgIpc) is 2.69. The molecule has 2 aromatic rings. The molecule has 0 saturated heterocycles. The maximum atomic E-state index is 5.51. The van der Waals surface area contributed by atoms with E-state index < -0.39 is 0 Å². The largest absolute Gasteiger partial charge is 0.376 e. The molecule has 0 amide bonds. The number of aryl methyl sites for hydroxylation is 1. The van der Waals surface area contributed by atoms with Gasteiger partial charge in [0.15, 0.2) is 5.11 Å². The summed E-state index contributed by atoms with van der Waals surface area (Å²) < 4.78 is 2.01. The fourth-order valence-electron chi connectivity index (χ4n) is 1.60. The van der Waals surface area contributed by atoms with Crippen molar-refractivity contribution in [1.82, 2.24) is 4.57 Å². The van der Waals surface area contributed by atoms with Gasteiger partial charge in [0, 0.05) is 12.4 Å². The minimum absolute atomic E-state index is 0.277. The minimum atomic E-state index is 0.277. The molecule has 3 nitrogen and oxygen atoms in total. The van der Waals surface area contributed by atoms with Crippen LogP contribution in [0.25, 0.3) is 5.69 Å². The number of nitrogens with zero attached hydrogens (tertiary/aromatic N) is 1. The van der Waals surface area contributed by atoms with Crippen molar-refractivity contribution < 1.29 is 0 Å². The lowest BCUT2D eigenvalue weighted by molar-refractivity contribution is 1.08. The Morgan fingerprint density at radius 2 is 2.00 bits per heavy atom. The van der Waals surface area contributed by atoms with Crippen LogP contribution in [-0.2, 0) is 0 Å². The molecule has 0 spiro atoms. The van der Waals surface area contributed by atoms with Crippen LogP contribution >= 0.6 is 12.2 Å². The molecule has 16 heavy (non-hydrogen) atoms. The lowest BCUT2D eigenvalue weighted by Gasteiger charge is -2.12. The molecule has 0 radical (unpaired) electrons. The highest BCUT2D eigenvalue weighted by atomic mass is 32.1. The molecule has 82 valence electrons. The number of hydrogen-bond acceptors (Lipinski definition) is 1. The Morgan fingerprint density at radius 3 is 2.62 bits per heavy atom. The molecule has 0 aliphatic heterocycles. The number of benzene rings is 1. The SMILES string of the molecule is Cc1ccc(-n2cccc2)c(NC(N)=S)c1. The van der Waals surface area contributed by atoms with E-state index in [0.29, 0.717) is 0 Å². The van der Waals surface area contributed by atoms with E-state index in [9.17, 15) is 0 Å². The Kier molecular flexibility index (Phi) is 2.92. The van der Waals surface area contributed by atoms with Crippen LogP contribution < -0.4 is 11.1 Å². The molecule has 0 aliphatic rings. The molecule has 0 unspecified atom stereocenters. The zero-order chi connectivity index (χ0) is 11.5. The van der Waals surface area contributed by atoms with E-state index in [2.05, 4.69) is 11.4 Å². The Hall–Kier alpha value is -1.81. The summed E-state index contributed by atoms with van der Waals surface area (Å²) in [7, 11) is 0. The van der Waals surface area contributed by atoms with Crippen molar-refractivity contribution in [2.45, 2.75) is 6.92 Å². The highest BCUT2D eigenvalue weighted by Crippen LogP contribution is 2.21. The van der Waals surface area contributed by atoms with Crippen molar-refractivity contribution in [2.24, 2.45) is 5.73 Å². The van der Waals surface area contributed by atoms with E-state index in [4.69, 9.17) is 18.0 Å².